The summed E-state index contributed by atoms with van der Waals surface area (Å²) in [6, 6.07) is 13.2. The molecule has 0 radical (unpaired) electrons. The Morgan fingerprint density at radius 2 is 1.67 bits per heavy atom. The Bertz CT molecular complexity index is 551. The molecule has 0 saturated carbocycles. The minimum atomic E-state index is 0.0651. The van der Waals surface area contributed by atoms with Gasteiger partial charge < -0.3 is 22.5 Å². The minimum Gasteiger partial charge on any atom is -0.399 e. The van der Waals surface area contributed by atoms with E-state index < -0.39 is 0 Å². The molecule has 0 aliphatic rings. The van der Waals surface area contributed by atoms with Crippen molar-refractivity contribution in [3.8, 4) is 0 Å². The first-order valence-electron chi connectivity index (χ1n) is 5.83. The van der Waals surface area contributed by atoms with Gasteiger partial charge in [-0.25, -0.2) is 0 Å². The fraction of sp³-hybridized carbons (Fsp3) is 0.143. The van der Waals surface area contributed by atoms with Crippen LogP contribution in [-0.4, -0.2) is 0 Å². The summed E-state index contributed by atoms with van der Waals surface area (Å²) in [6.45, 7) is 2.04. The highest BCUT2D eigenvalue weighted by Gasteiger charge is 2.09. The average molecular weight is 242 g/mol. The summed E-state index contributed by atoms with van der Waals surface area (Å²) < 4.78 is 0. The summed E-state index contributed by atoms with van der Waals surface area (Å²) >= 11 is 0. The number of anilines is 4. The van der Waals surface area contributed by atoms with E-state index in [2.05, 4.69) is 5.32 Å². The molecule has 2 aromatic rings. The molecule has 0 saturated heterocycles. The van der Waals surface area contributed by atoms with E-state index in [0.29, 0.717) is 5.69 Å². The largest absolute Gasteiger partial charge is 0.399 e. The number of nitrogens with one attached hydrogen (secondary N) is 1. The zero-order valence-electron chi connectivity index (χ0n) is 10.4. The molecule has 0 aliphatic carbocycles. The quantitative estimate of drug-likeness (QED) is 0.623. The van der Waals surface area contributed by atoms with E-state index in [1.807, 2.05) is 43.3 Å². The monoisotopic (exact) mass is 242 g/mol. The highest BCUT2D eigenvalue weighted by atomic mass is 14.9. The molecule has 0 heterocycles. The van der Waals surface area contributed by atoms with Gasteiger partial charge in [0.1, 0.15) is 0 Å². The molecule has 1 atom stereocenters. The van der Waals surface area contributed by atoms with Crippen molar-refractivity contribution in [2.75, 3.05) is 22.5 Å². The molecule has 94 valence electrons. The lowest BCUT2D eigenvalue weighted by Gasteiger charge is -2.18. The van der Waals surface area contributed by atoms with Crippen molar-refractivity contribution in [3.05, 3.63) is 48.0 Å². The first-order chi connectivity index (χ1) is 8.56. The molecule has 4 nitrogen and oxygen atoms in total. The second-order valence-electron chi connectivity index (χ2n) is 4.38. The fourth-order valence-corrected chi connectivity index (χ4v) is 1.92. The van der Waals surface area contributed by atoms with Gasteiger partial charge in [0.15, 0.2) is 0 Å². The third-order valence-corrected chi connectivity index (χ3v) is 2.85. The summed E-state index contributed by atoms with van der Waals surface area (Å²) in [7, 11) is 0. The van der Waals surface area contributed by atoms with Crippen molar-refractivity contribution in [3.63, 3.8) is 0 Å². The molecule has 0 spiro atoms. The van der Waals surface area contributed by atoms with Crippen molar-refractivity contribution in [1.82, 2.24) is 0 Å². The average Bonchev–Trinajstić information content (AvgIpc) is 2.32. The first kappa shape index (κ1) is 12.1. The first-order valence-corrected chi connectivity index (χ1v) is 5.83. The Morgan fingerprint density at radius 1 is 0.944 bits per heavy atom. The van der Waals surface area contributed by atoms with E-state index in [0.717, 1.165) is 22.6 Å². The molecular formula is C14H18N4. The van der Waals surface area contributed by atoms with Crippen LogP contribution in [0.1, 0.15) is 18.5 Å². The van der Waals surface area contributed by atoms with Crippen LogP contribution in [0.3, 0.4) is 0 Å². The third-order valence-electron chi connectivity index (χ3n) is 2.85. The van der Waals surface area contributed by atoms with Crippen LogP contribution in [0.2, 0.25) is 0 Å². The van der Waals surface area contributed by atoms with Gasteiger partial charge in [0.25, 0.3) is 0 Å². The number of benzene rings is 2. The summed E-state index contributed by atoms with van der Waals surface area (Å²) in [4.78, 5) is 0. The van der Waals surface area contributed by atoms with Crippen molar-refractivity contribution >= 4 is 22.7 Å². The molecule has 0 bridgehead atoms. The predicted molar refractivity (Wildman–Crippen MR) is 78.2 cm³/mol. The standard InChI is InChI=1S/C14H18N4/c1-9(13-8-11(16)5-6-14(13)17)18-12-4-2-3-10(15)7-12/h2-9,18H,15-17H2,1H3. The lowest BCUT2D eigenvalue weighted by Crippen LogP contribution is -2.09. The van der Waals surface area contributed by atoms with Gasteiger partial charge in [-0.2, -0.15) is 0 Å². The molecule has 2 rings (SSSR count). The molecule has 0 fully saturated rings. The molecule has 0 amide bonds. The summed E-state index contributed by atoms with van der Waals surface area (Å²) in [6.07, 6.45) is 0. The van der Waals surface area contributed by atoms with E-state index in [4.69, 9.17) is 17.2 Å². The minimum absolute atomic E-state index is 0.0651. The molecular weight excluding hydrogens is 224 g/mol. The Hall–Kier alpha value is -2.36. The zero-order chi connectivity index (χ0) is 13.1. The smallest absolute Gasteiger partial charge is 0.0506 e. The van der Waals surface area contributed by atoms with Gasteiger partial charge in [0.2, 0.25) is 0 Å². The van der Waals surface area contributed by atoms with Gasteiger partial charge in [-0.05, 0) is 48.9 Å². The van der Waals surface area contributed by atoms with Crippen LogP contribution in [0, 0.1) is 0 Å². The maximum Gasteiger partial charge on any atom is 0.0506 e. The van der Waals surface area contributed by atoms with Crippen LogP contribution in [0.5, 0.6) is 0 Å². The molecule has 1 unspecified atom stereocenters. The number of rotatable bonds is 3. The molecule has 0 aromatic heterocycles. The van der Waals surface area contributed by atoms with Gasteiger partial charge in [0, 0.05) is 22.7 Å². The van der Waals surface area contributed by atoms with Crippen LogP contribution in [0.4, 0.5) is 22.7 Å². The maximum absolute atomic E-state index is 5.95. The Kier molecular flexibility index (Phi) is 3.28. The Morgan fingerprint density at radius 3 is 2.39 bits per heavy atom. The number of hydrogen-bond donors (Lipinski definition) is 4. The lowest BCUT2D eigenvalue weighted by molar-refractivity contribution is 0.889. The van der Waals surface area contributed by atoms with E-state index in [9.17, 15) is 0 Å². The van der Waals surface area contributed by atoms with Gasteiger partial charge in [-0.3, -0.25) is 0 Å². The molecule has 7 N–H and O–H groups in total. The molecule has 18 heavy (non-hydrogen) atoms. The van der Waals surface area contributed by atoms with E-state index >= 15 is 0 Å². The topological polar surface area (TPSA) is 90.1 Å². The number of nitrogen functional groups attached to an aromatic ring is 3. The van der Waals surface area contributed by atoms with Gasteiger partial charge >= 0.3 is 0 Å². The van der Waals surface area contributed by atoms with Crippen molar-refractivity contribution in [2.24, 2.45) is 0 Å². The van der Waals surface area contributed by atoms with Crippen LogP contribution in [0.15, 0.2) is 42.5 Å². The van der Waals surface area contributed by atoms with Crippen LogP contribution in [0.25, 0.3) is 0 Å². The third kappa shape index (κ3) is 2.66. The highest BCUT2D eigenvalue weighted by molar-refractivity contribution is 5.60. The zero-order valence-corrected chi connectivity index (χ0v) is 10.4. The molecule has 0 aliphatic heterocycles. The summed E-state index contributed by atoms with van der Waals surface area (Å²) in [5.74, 6) is 0. The normalized spacial score (nSPS) is 12.1. The summed E-state index contributed by atoms with van der Waals surface area (Å²) in [5, 5.41) is 3.35. The Labute approximate surface area is 107 Å². The SMILES string of the molecule is CC(Nc1cccc(N)c1)c1cc(N)ccc1N. The van der Waals surface area contributed by atoms with E-state index in [1.165, 1.54) is 0 Å². The fourth-order valence-electron chi connectivity index (χ4n) is 1.92. The number of nitrogens with two attached hydrogens (primary N) is 3. The van der Waals surface area contributed by atoms with Crippen LogP contribution >= 0.6 is 0 Å². The van der Waals surface area contributed by atoms with E-state index in [1.54, 1.807) is 6.07 Å². The van der Waals surface area contributed by atoms with E-state index in [-0.39, 0.29) is 6.04 Å². The van der Waals surface area contributed by atoms with Crippen molar-refractivity contribution in [1.29, 1.82) is 0 Å². The second-order valence-corrected chi connectivity index (χ2v) is 4.38. The van der Waals surface area contributed by atoms with Gasteiger partial charge in [-0.15, -0.1) is 0 Å². The van der Waals surface area contributed by atoms with Gasteiger partial charge in [-0.1, -0.05) is 6.07 Å². The highest BCUT2D eigenvalue weighted by Crippen LogP contribution is 2.26. The van der Waals surface area contributed by atoms with Gasteiger partial charge in [0.05, 0.1) is 6.04 Å². The summed E-state index contributed by atoms with van der Waals surface area (Å²) in [5.41, 5.74) is 21.6. The molecule has 4 heteroatoms. The molecule has 2 aromatic carbocycles. The van der Waals surface area contributed by atoms with Crippen LogP contribution in [-0.2, 0) is 0 Å². The van der Waals surface area contributed by atoms with Crippen molar-refractivity contribution in [2.45, 2.75) is 13.0 Å². The lowest BCUT2D eigenvalue weighted by atomic mass is 10.0. The Balaban J connectivity index is 2.21. The number of hydrogen-bond acceptors (Lipinski definition) is 4. The predicted octanol–water partition coefficient (Wildman–Crippen LogP) is 2.61. The van der Waals surface area contributed by atoms with Crippen LogP contribution < -0.4 is 22.5 Å². The maximum atomic E-state index is 5.95. The second kappa shape index (κ2) is 4.87. The van der Waals surface area contributed by atoms with Crippen molar-refractivity contribution < 1.29 is 0 Å².